The van der Waals surface area contributed by atoms with Gasteiger partial charge in [0.15, 0.2) is 0 Å². The average Bonchev–Trinajstić information content (AvgIpc) is 3.10. The second kappa shape index (κ2) is 8.62. The number of halogens is 1. The molecule has 0 aliphatic rings. The van der Waals surface area contributed by atoms with Gasteiger partial charge in [-0.2, -0.15) is 0 Å². The van der Waals surface area contributed by atoms with E-state index in [2.05, 4.69) is 10.3 Å². The fourth-order valence-electron chi connectivity index (χ4n) is 3.52. The van der Waals surface area contributed by atoms with Crippen molar-refractivity contribution in [2.45, 2.75) is 13.3 Å². The first-order valence-electron chi connectivity index (χ1n) is 9.77. The Hall–Kier alpha value is -3.64. The molecule has 4 rings (SSSR count). The Bertz CT molecular complexity index is 1280. The number of fused-ring (bicyclic) bond motifs is 1. The predicted molar refractivity (Wildman–Crippen MR) is 124 cm³/mol. The quantitative estimate of drug-likeness (QED) is 0.477. The molecule has 0 aliphatic carbocycles. The van der Waals surface area contributed by atoms with Crippen molar-refractivity contribution in [1.29, 1.82) is 0 Å². The number of carbonyl (C=O) groups is 2. The van der Waals surface area contributed by atoms with Crippen molar-refractivity contribution < 1.29 is 9.59 Å². The molecule has 7 heteroatoms. The van der Waals surface area contributed by atoms with Crippen molar-refractivity contribution in [3.8, 4) is 0 Å². The molecule has 0 unspecified atom stereocenters. The van der Waals surface area contributed by atoms with E-state index in [1.807, 2.05) is 60.3 Å². The Morgan fingerprint density at radius 3 is 2.68 bits per heavy atom. The molecular formula is C24H21ClN4O2. The van der Waals surface area contributed by atoms with E-state index >= 15 is 0 Å². The minimum Gasteiger partial charge on any atom is -0.351 e. The van der Waals surface area contributed by atoms with Crippen LogP contribution < -0.4 is 10.2 Å². The highest BCUT2D eigenvalue weighted by Gasteiger charge is 2.17. The Balaban J connectivity index is 1.59. The zero-order chi connectivity index (χ0) is 22.0. The van der Waals surface area contributed by atoms with Crippen LogP contribution in [0.15, 0.2) is 73.1 Å². The van der Waals surface area contributed by atoms with E-state index < -0.39 is 0 Å². The van der Waals surface area contributed by atoms with Gasteiger partial charge in [-0.15, -0.1) is 0 Å². The lowest BCUT2D eigenvalue weighted by atomic mass is 10.1. The molecule has 6 nitrogen and oxygen atoms in total. The summed E-state index contributed by atoms with van der Waals surface area (Å²) >= 11 is 6.15. The molecule has 31 heavy (non-hydrogen) atoms. The maximum absolute atomic E-state index is 12.5. The van der Waals surface area contributed by atoms with Crippen LogP contribution in [-0.2, 0) is 23.1 Å². The summed E-state index contributed by atoms with van der Waals surface area (Å²) in [7, 11) is 1.97. The molecule has 2 heterocycles. The number of carbonyl (C=O) groups excluding carboxylic acids is 2. The van der Waals surface area contributed by atoms with Gasteiger partial charge in [-0.05, 0) is 42.0 Å². The highest BCUT2D eigenvalue weighted by Crippen LogP contribution is 2.29. The first-order valence-corrected chi connectivity index (χ1v) is 10.2. The van der Waals surface area contributed by atoms with Crippen LogP contribution in [0.25, 0.3) is 10.9 Å². The molecule has 0 spiro atoms. The smallest absolute Gasteiger partial charge is 0.229 e. The zero-order valence-electron chi connectivity index (χ0n) is 17.2. The molecule has 4 aromatic rings. The number of hydrogen-bond acceptors (Lipinski definition) is 3. The number of benzene rings is 2. The maximum Gasteiger partial charge on any atom is 0.229 e. The summed E-state index contributed by atoms with van der Waals surface area (Å²) in [6.07, 6.45) is 3.69. The van der Waals surface area contributed by atoms with Gasteiger partial charge in [0.2, 0.25) is 11.8 Å². The zero-order valence-corrected chi connectivity index (χ0v) is 17.9. The topological polar surface area (TPSA) is 67.2 Å². The van der Waals surface area contributed by atoms with Gasteiger partial charge in [0.05, 0.1) is 12.1 Å². The molecule has 2 aromatic heterocycles. The molecule has 0 bridgehead atoms. The molecule has 2 amide bonds. The minimum atomic E-state index is -0.203. The summed E-state index contributed by atoms with van der Waals surface area (Å²) in [5.74, 6) is 0.0472. The summed E-state index contributed by atoms with van der Waals surface area (Å²) < 4.78 is 2.02. The Morgan fingerprint density at radius 1 is 1.10 bits per heavy atom. The molecule has 0 saturated heterocycles. The fourth-order valence-corrected chi connectivity index (χ4v) is 3.72. The first-order chi connectivity index (χ1) is 14.9. The first kappa shape index (κ1) is 20.6. The predicted octanol–water partition coefficient (Wildman–Crippen LogP) is 5.09. The SMILES string of the molecule is CC(=O)N(c1ccc2c(ccn2C)c1)c1cc(NC(=O)Cc2ccccc2Cl)ccn1. The van der Waals surface area contributed by atoms with Crippen LogP contribution in [0.4, 0.5) is 17.2 Å². The molecule has 1 N–H and O–H groups in total. The summed E-state index contributed by atoms with van der Waals surface area (Å²) in [6.45, 7) is 1.49. The Labute approximate surface area is 185 Å². The van der Waals surface area contributed by atoms with Gasteiger partial charge in [-0.25, -0.2) is 4.98 Å². The molecule has 156 valence electrons. The largest absolute Gasteiger partial charge is 0.351 e. The van der Waals surface area contributed by atoms with E-state index in [0.717, 1.165) is 16.5 Å². The van der Waals surface area contributed by atoms with Gasteiger partial charge >= 0.3 is 0 Å². The van der Waals surface area contributed by atoms with E-state index in [4.69, 9.17) is 11.6 Å². The lowest BCUT2D eigenvalue weighted by Gasteiger charge is -2.21. The minimum absolute atomic E-state index is 0.151. The molecule has 0 radical (unpaired) electrons. The molecule has 0 saturated carbocycles. The normalized spacial score (nSPS) is 10.8. The Morgan fingerprint density at radius 2 is 1.90 bits per heavy atom. The van der Waals surface area contributed by atoms with Gasteiger partial charge in [0, 0.05) is 54.0 Å². The van der Waals surface area contributed by atoms with E-state index in [9.17, 15) is 9.59 Å². The second-order valence-electron chi connectivity index (χ2n) is 7.24. The Kier molecular flexibility index (Phi) is 5.73. The molecule has 2 aromatic carbocycles. The number of nitrogens with zero attached hydrogens (tertiary/aromatic N) is 3. The third-order valence-corrected chi connectivity index (χ3v) is 5.38. The monoisotopic (exact) mass is 432 g/mol. The molecule has 0 fully saturated rings. The summed E-state index contributed by atoms with van der Waals surface area (Å²) in [5, 5.41) is 4.43. The van der Waals surface area contributed by atoms with Crippen LogP contribution in [-0.4, -0.2) is 21.4 Å². The molecule has 0 aliphatic heterocycles. The van der Waals surface area contributed by atoms with Crippen molar-refractivity contribution >= 4 is 51.5 Å². The van der Waals surface area contributed by atoms with Crippen LogP contribution in [0.1, 0.15) is 12.5 Å². The fraction of sp³-hybridized carbons (Fsp3) is 0.125. The van der Waals surface area contributed by atoms with Crippen molar-refractivity contribution in [1.82, 2.24) is 9.55 Å². The highest BCUT2D eigenvalue weighted by molar-refractivity contribution is 6.31. The second-order valence-corrected chi connectivity index (χ2v) is 7.65. The van der Waals surface area contributed by atoms with E-state index in [1.54, 1.807) is 24.4 Å². The van der Waals surface area contributed by atoms with Crippen LogP contribution in [0, 0.1) is 0 Å². The third-order valence-electron chi connectivity index (χ3n) is 5.01. The number of hydrogen-bond donors (Lipinski definition) is 1. The van der Waals surface area contributed by atoms with Crippen LogP contribution in [0.2, 0.25) is 5.02 Å². The van der Waals surface area contributed by atoms with Gasteiger partial charge in [-0.1, -0.05) is 29.8 Å². The van der Waals surface area contributed by atoms with Gasteiger partial charge in [0.1, 0.15) is 5.82 Å². The lowest BCUT2D eigenvalue weighted by Crippen LogP contribution is -2.24. The number of amides is 2. The van der Waals surface area contributed by atoms with Crippen molar-refractivity contribution in [3.05, 3.63) is 83.6 Å². The summed E-state index contributed by atoms with van der Waals surface area (Å²) in [4.78, 5) is 30.9. The number of anilines is 3. The molecule has 0 atom stereocenters. The lowest BCUT2D eigenvalue weighted by molar-refractivity contribution is -0.116. The third kappa shape index (κ3) is 4.44. The van der Waals surface area contributed by atoms with Crippen molar-refractivity contribution in [2.75, 3.05) is 10.2 Å². The van der Waals surface area contributed by atoms with E-state index in [1.165, 1.54) is 11.8 Å². The number of nitrogens with one attached hydrogen (secondary N) is 1. The van der Waals surface area contributed by atoms with Crippen molar-refractivity contribution in [3.63, 3.8) is 0 Å². The number of pyridine rings is 1. The average molecular weight is 433 g/mol. The summed E-state index contributed by atoms with van der Waals surface area (Å²) in [6, 6.07) is 18.4. The van der Waals surface area contributed by atoms with Crippen LogP contribution >= 0.6 is 11.6 Å². The maximum atomic E-state index is 12.5. The van der Waals surface area contributed by atoms with E-state index in [0.29, 0.717) is 22.2 Å². The number of rotatable bonds is 5. The van der Waals surface area contributed by atoms with E-state index in [-0.39, 0.29) is 18.2 Å². The van der Waals surface area contributed by atoms with Gasteiger partial charge in [0.25, 0.3) is 0 Å². The van der Waals surface area contributed by atoms with Crippen molar-refractivity contribution in [2.24, 2.45) is 7.05 Å². The van der Waals surface area contributed by atoms with Gasteiger partial charge in [-0.3, -0.25) is 14.5 Å². The van der Waals surface area contributed by atoms with Gasteiger partial charge < -0.3 is 9.88 Å². The molecular weight excluding hydrogens is 412 g/mol. The highest BCUT2D eigenvalue weighted by atomic mass is 35.5. The van der Waals surface area contributed by atoms with Crippen LogP contribution in [0.5, 0.6) is 0 Å². The van der Waals surface area contributed by atoms with Crippen LogP contribution in [0.3, 0.4) is 0 Å². The summed E-state index contributed by atoms with van der Waals surface area (Å²) in [5.41, 5.74) is 3.07. The number of aromatic nitrogens is 2. The number of aryl methyl sites for hydroxylation is 1. The standard InChI is InChI=1S/C24H21ClN4O2/c1-16(30)29(20-7-8-22-18(13-20)10-12-28(22)2)23-15-19(9-11-26-23)27-24(31)14-17-5-3-4-6-21(17)25/h3-13,15H,14H2,1-2H3,(H,26,27,31).